The lowest BCUT2D eigenvalue weighted by molar-refractivity contribution is -0.161. The van der Waals surface area contributed by atoms with Crippen molar-refractivity contribution in [3.63, 3.8) is 0 Å². The number of carbonyl (C=O) groups is 4. The van der Waals surface area contributed by atoms with Crippen LogP contribution in [0.1, 0.15) is 471 Å². The zero-order valence-electron chi connectivity index (χ0n) is 69.6. The van der Waals surface area contributed by atoms with Gasteiger partial charge in [-0.1, -0.05) is 420 Å². The van der Waals surface area contributed by atoms with Crippen LogP contribution in [0, 0.1) is 5.92 Å². The average molecular weight is 1550 g/mol. The number of hydrogen-bond donors (Lipinski definition) is 3. The summed E-state index contributed by atoms with van der Waals surface area (Å²) in [6.07, 6.45) is 73.5. The lowest BCUT2D eigenvalue weighted by atomic mass is 9.99. The average Bonchev–Trinajstić information content (AvgIpc) is 0.900. The van der Waals surface area contributed by atoms with E-state index < -0.39 is 97.5 Å². The summed E-state index contributed by atoms with van der Waals surface area (Å²) in [4.78, 5) is 73.3. The van der Waals surface area contributed by atoms with Crippen LogP contribution in [0.15, 0.2) is 0 Å². The highest BCUT2D eigenvalue weighted by Gasteiger charge is 2.30. The van der Waals surface area contributed by atoms with Gasteiger partial charge in [0, 0.05) is 25.7 Å². The lowest BCUT2D eigenvalue weighted by Gasteiger charge is -2.21. The number of phosphoric ester groups is 2. The van der Waals surface area contributed by atoms with Crippen LogP contribution in [0.2, 0.25) is 0 Å². The molecule has 0 rings (SSSR count). The second-order valence-corrected chi connectivity index (χ2v) is 34.4. The van der Waals surface area contributed by atoms with E-state index in [-0.39, 0.29) is 25.7 Å². The van der Waals surface area contributed by atoms with E-state index >= 15 is 0 Å². The number of ether oxygens (including phenoxy) is 4. The number of aliphatic hydroxyl groups is 1. The normalized spacial score (nSPS) is 14.0. The summed E-state index contributed by atoms with van der Waals surface area (Å²) < 4.78 is 68.9. The summed E-state index contributed by atoms with van der Waals surface area (Å²) in [6.45, 7) is 7.39. The Bertz CT molecular complexity index is 2020. The molecule has 0 saturated carbocycles. The predicted octanol–water partition coefficient (Wildman–Crippen LogP) is 26.8. The molecule has 0 aromatic heterocycles. The molecule has 0 saturated heterocycles. The molecule has 6 atom stereocenters. The summed E-state index contributed by atoms with van der Waals surface area (Å²) in [5.41, 5.74) is 0. The van der Waals surface area contributed by atoms with E-state index in [9.17, 15) is 43.2 Å². The van der Waals surface area contributed by atoms with E-state index in [2.05, 4.69) is 34.6 Å². The topological polar surface area (TPSA) is 237 Å². The minimum atomic E-state index is -4.97. The van der Waals surface area contributed by atoms with Crippen LogP contribution >= 0.6 is 15.6 Å². The van der Waals surface area contributed by atoms with Crippen molar-refractivity contribution in [2.24, 2.45) is 5.92 Å². The first-order chi connectivity index (χ1) is 51.6. The predicted molar refractivity (Wildman–Crippen MR) is 437 cm³/mol. The maximum absolute atomic E-state index is 13.2. The zero-order valence-corrected chi connectivity index (χ0v) is 71.4. The molecule has 0 fully saturated rings. The number of aliphatic hydroxyl groups excluding tert-OH is 1. The number of phosphoric acid groups is 2. The molecule has 630 valence electrons. The van der Waals surface area contributed by atoms with Gasteiger partial charge >= 0.3 is 39.5 Å². The number of rotatable bonds is 87. The Morgan fingerprint density at radius 3 is 0.670 bits per heavy atom. The number of carbonyl (C=O) groups excluding carboxylic acids is 4. The third-order valence-corrected chi connectivity index (χ3v) is 22.8. The Morgan fingerprint density at radius 2 is 0.453 bits per heavy atom. The fourth-order valence-corrected chi connectivity index (χ4v) is 15.2. The maximum atomic E-state index is 13.2. The van der Waals surface area contributed by atoms with E-state index in [0.29, 0.717) is 25.7 Å². The van der Waals surface area contributed by atoms with Crippen LogP contribution in [0.5, 0.6) is 0 Å². The molecular formula is C87H170O17P2. The van der Waals surface area contributed by atoms with Crippen LogP contribution < -0.4 is 0 Å². The van der Waals surface area contributed by atoms with Gasteiger partial charge in [0.1, 0.15) is 19.3 Å². The fourth-order valence-electron chi connectivity index (χ4n) is 13.6. The highest BCUT2D eigenvalue weighted by atomic mass is 31.2. The Kier molecular flexibility index (Phi) is 78.2. The minimum absolute atomic E-state index is 0.107. The lowest BCUT2D eigenvalue weighted by Crippen LogP contribution is -2.30. The smallest absolute Gasteiger partial charge is 0.462 e. The van der Waals surface area contributed by atoms with Gasteiger partial charge in [0.25, 0.3) is 0 Å². The van der Waals surface area contributed by atoms with Crippen molar-refractivity contribution < 1.29 is 80.2 Å². The van der Waals surface area contributed by atoms with Gasteiger partial charge < -0.3 is 33.8 Å². The molecule has 0 aromatic carbocycles. The second-order valence-electron chi connectivity index (χ2n) is 31.5. The number of unbranched alkanes of at least 4 members (excludes halogenated alkanes) is 58. The van der Waals surface area contributed by atoms with E-state index in [1.807, 2.05) is 0 Å². The monoisotopic (exact) mass is 1550 g/mol. The standard InChI is InChI=1S/C87H170O17P2/c1-6-10-13-16-19-22-25-28-30-32-34-36-38-40-42-45-51-56-61-66-71-85(90)98-76-82(103-86(91)72-67-62-57-52-46-43-41-39-37-35-33-31-29-26-23-20-17-14-11-7-2)78-101-105(93,94)99-74-81(88)75-100-106(95,96)102-79-83(77-97-84(89)70-65-60-55-50-44-27-24-21-18-15-12-8-3)104-87(92)73-68-63-58-53-48-47-49-54-59-64-69-80(5)9-4/h80-83,88H,6-79H2,1-5H3,(H,93,94)(H,95,96)/t80?,81-,82-,83-/m1/s1. The van der Waals surface area contributed by atoms with Gasteiger partial charge in [-0.3, -0.25) is 37.3 Å². The number of esters is 4. The molecule has 3 N–H and O–H groups in total. The SMILES string of the molecule is CCCCCCCCCCCCCCCCCCCCCCC(=O)OC[C@H](COP(=O)(O)OC[C@@H](O)COP(=O)(O)OC[C@@H](COC(=O)CCCCCCCCCCCCCC)OC(=O)CCCCCCCCCCCCC(C)CC)OC(=O)CCCCCCCCCCCCCCCCCCCCCC. The van der Waals surface area contributed by atoms with Crippen molar-refractivity contribution in [3.8, 4) is 0 Å². The van der Waals surface area contributed by atoms with Crippen LogP contribution in [-0.4, -0.2) is 96.7 Å². The van der Waals surface area contributed by atoms with Crippen molar-refractivity contribution in [2.75, 3.05) is 39.6 Å². The zero-order chi connectivity index (χ0) is 77.6. The fraction of sp³-hybridized carbons (Fsp3) is 0.954. The maximum Gasteiger partial charge on any atom is 0.472 e. The van der Waals surface area contributed by atoms with Crippen molar-refractivity contribution in [1.82, 2.24) is 0 Å². The highest BCUT2D eigenvalue weighted by Crippen LogP contribution is 2.45. The van der Waals surface area contributed by atoms with Gasteiger partial charge in [-0.25, -0.2) is 9.13 Å². The van der Waals surface area contributed by atoms with Crippen LogP contribution in [0.3, 0.4) is 0 Å². The molecule has 0 aromatic rings. The van der Waals surface area contributed by atoms with E-state index in [1.54, 1.807) is 0 Å². The van der Waals surface area contributed by atoms with E-state index in [0.717, 1.165) is 95.8 Å². The van der Waals surface area contributed by atoms with Gasteiger partial charge in [-0.05, 0) is 31.6 Å². The summed E-state index contributed by atoms with van der Waals surface area (Å²) in [7, 11) is -9.93. The summed E-state index contributed by atoms with van der Waals surface area (Å²) in [5, 5.41) is 10.7. The Balaban J connectivity index is 5.24. The minimum Gasteiger partial charge on any atom is -0.462 e. The summed E-state index contributed by atoms with van der Waals surface area (Å²) in [5.74, 6) is -1.30. The van der Waals surface area contributed by atoms with E-state index in [1.165, 1.54) is 295 Å². The molecule has 0 heterocycles. The molecule has 3 unspecified atom stereocenters. The first kappa shape index (κ1) is 104. The highest BCUT2D eigenvalue weighted by molar-refractivity contribution is 7.47. The van der Waals surface area contributed by atoms with Crippen molar-refractivity contribution in [3.05, 3.63) is 0 Å². The Morgan fingerprint density at radius 1 is 0.264 bits per heavy atom. The van der Waals surface area contributed by atoms with Crippen molar-refractivity contribution in [1.29, 1.82) is 0 Å². The first-order valence-electron chi connectivity index (χ1n) is 45.2. The van der Waals surface area contributed by atoms with E-state index in [4.69, 9.17) is 37.0 Å². The molecule has 0 aliphatic carbocycles. The quantitative estimate of drug-likeness (QED) is 0.0222. The van der Waals surface area contributed by atoms with Crippen LogP contribution in [0.4, 0.5) is 0 Å². The van der Waals surface area contributed by atoms with Gasteiger partial charge in [0.15, 0.2) is 12.2 Å². The molecule has 0 aliphatic rings. The van der Waals surface area contributed by atoms with Crippen LogP contribution in [-0.2, 0) is 65.4 Å². The van der Waals surface area contributed by atoms with Crippen molar-refractivity contribution in [2.45, 2.75) is 490 Å². The van der Waals surface area contributed by atoms with Gasteiger partial charge in [0.2, 0.25) is 0 Å². The van der Waals surface area contributed by atoms with Gasteiger partial charge in [-0.15, -0.1) is 0 Å². The van der Waals surface area contributed by atoms with Crippen LogP contribution in [0.25, 0.3) is 0 Å². The molecule has 0 radical (unpaired) electrons. The molecule has 19 heteroatoms. The summed E-state index contributed by atoms with van der Waals surface area (Å²) >= 11 is 0. The Labute approximate surface area is 651 Å². The molecule has 0 spiro atoms. The molecule has 106 heavy (non-hydrogen) atoms. The van der Waals surface area contributed by atoms with Crippen molar-refractivity contribution >= 4 is 39.5 Å². The Hall–Kier alpha value is -1.94. The molecule has 0 amide bonds. The second kappa shape index (κ2) is 79.7. The molecule has 0 aliphatic heterocycles. The molecule has 0 bridgehead atoms. The number of hydrogen-bond acceptors (Lipinski definition) is 15. The largest absolute Gasteiger partial charge is 0.472 e. The third kappa shape index (κ3) is 78.7. The summed E-state index contributed by atoms with van der Waals surface area (Å²) in [6, 6.07) is 0. The van der Waals surface area contributed by atoms with Gasteiger partial charge in [0.05, 0.1) is 26.4 Å². The van der Waals surface area contributed by atoms with Gasteiger partial charge in [-0.2, -0.15) is 0 Å². The first-order valence-corrected chi connectivity index (χ1v) is 48.2. The third-order valence-electron chi connectivity index (χ3n) is 20.9. The molecular weight excluding hydrogens is 1380 g/mol. The molecule has 17 nitrogen and oxygen atoms in total.